The Morgan fingerprint density at radius 1 is 1.28 bits per heavy atom. The van der Waals surface area contributed by atoms with Crippen LogP contribution in [0.15, 0.2) is 29.4 Å². The largest absolute Gasteiger partial charge is 0.485 e. The number of ether oxygens (including phenoxy) is 2. The molecule has 1 N–H and O–H groups in total. The van der Waals surface area contributed by atoms with Gasteiger partial charge in [-0.1, -0.05) is 11.2 Å². The zero-order valence-corrected chi connectivity index (χ0v) is 17.7. The predicted octanol–water partition coefficient (Wildman–Crippen LogP) is 2.65. The quantitative estimate of drug-likeness (QED) is 0.735. The minimum atomic E-state index is -0.593. The second-order valence-corrected chi connectivity index (χ2v) is 7.54. The van der Waals surface area contributed by atoms with Gasteiger partial charge in [0.1, 0.15) is 32.2 Å². The van der Waals surface area contributed by atoms with Crippen molar-refractivity contribution in [1.82, 2.24) is 4.90 Å². The summed E-state index contributed by atoms with van der Waals surface area (Å²) in [5.74, 6) is -0.266. The van der Waals surface area contributed by atoms with E-state index < -0.39 is 11.9 Å². The van der Waals surface area contributed by atoms with E-state index in [9.17, 15) is 19.6 Å². The number of aliphatic hydroxyl groups is 1. The number of fused-ring (bicyclic) bond motifs is 1. The first-order valence-electron chi connectivity index (χ1n) is 10.1. The van der Waals surface area contributed by atoms with Gasteiger partial charge in [0.2, 0.25) is 0 Å². The molecule has 32 heavy (non-hydrogen) atoms. The Bertz CT molecular complexity index is 1140. The van der Waals surface area contributed by atoms with Crippen LogP contribution in [0.3, 0.4) is 0 Å². The molecule has 2 aliphatic heterocycles. The Balaban J connectivity index is 1.78. The second kappa shape index (κ2) is 8.85. The van der Waals surface area contributed by atoms with Crippen LogP contribution in [0.2, 0.25) is 0 Å². The Morgan fingerprint density at radius 2 is 2.00 bits per heavy atom. The van der Waals surface area contributed by atoms with Crippen LogP contribution >= 0.6 is 0 Å². The van der Waals surface area contributed by atoms with Crippen molar-refractivity contribution < 1.29 is 28.6 Å². The van der Waals surface area contributed by atoms with Crippen LogP contribution in [0.4, 0.5) is 4.39 Å². The van der Waals surface area contributed by atoms with Crippen LogP contribution in [0, 0.1) is 24.1 Å². The van der Waals surface area contributed by atoms with Crippen LogP contribution in [0.1, 0.15) is 27.9 Å². The minimum Gasteiger partial charge on any atom is -0.485 e. The molecule has 1 amide bonds. The molecule has 8 nitrogen and oxygen atoms in total. The van der Waals surface area contributed by atoms with Gasteiger partial charge in [-0.15, -0.1) is 0 Å². The van der Waals surface area contributed by atoms with Crippen LogP contribution < -0.4 is 9.47 Å². The van der Waals surface area contributed by atoms with Gasteiger partial charge < -0.3 is 24.3 Å². The summed E-state index contributed by atoms with van der Waals surface area (Å²) in [7, 11) is 1.43. The van der Waals surface area contributed by atoms with Crippen molar-refractivity contribution >= 4 is 11.6 Å². The van der Waals surface area contributed by atoms with Crippen molar-refractivity contribution in [1.29, 1.82) is 5.26 Å². The monoisotopic (exact) mass is 439 g/mol. The molecule has 0 spiro atoms. The second-order valence-electron chi connectivity index (χ2n) is 7.54. The maximum atomic E-state index is 14.0. The van der Waals surface area contributed by atoms with E-state index in [1.54, 1.807) is 25.1 Å². The molecule has 0 unspecified atom stereocenters. The minimum absolute atomic E-state index is 0.0408. The number of nitriles is 1. The zero-order chi connectivity index (χ0) is 22.8. The van der Waals surface area contributed by atoms with Gasteiger partial charge in [0.05, 0.1) is 36.0 Å². The van der Waals surface area contributed by atoms with Gasteiger partial charge in [-0.3, -0.25) is 4.79 Å². The topological polar surface area (TPSA) is 104 Å². The van der Waals surface area contributed by atoms with Crippen LogP contribution in [-0.2, 0) is 4.84 Å². The standard InChI is InChI=1S/C23H22FN3O5/c1-13-16(5-6-20(24)19(13)10-25)17-3-4-18(22-21(17)31-7-8-32-22)23(29)27-11-14(26-30-2)9-15(27)12-28/h3-6,15,28H,7-9,11-12H2,1-2H3/b26-14-/t15-/m0/s1. The molecule has 4 rings (SSSR count). The van der Waals surface area contributed by atoms with Gasteiger partial charge in [0.15, 0.2) is 11.5 Å². The van der Waals surface area contributed by atoms with Crippen LogP contribution in [0.25, 0.3) is 11.1 Å². The number of nitrogens with zero attached hydrogens (tertiary/aromatic N) is 3. The molecular formula is C23H22FN3O5. The van der Waals surface area contributed by atoms with Gasteiger partial charge in [0, 0.05) is 12.0 Å². The number of hydrogen-bond acceptors (Lipinski definition) is 7. The van der Waals surface area contributed by atoms with Crippen molar-refractivity contribution in [2.75, 3.05) is 33.5 Å². The van der Waals surface area contributed by atoms with Gasteiger partial charge in [-0.05, 0) is 36.2 Å². The fraction of sp³-hybridized carbons (Fsp3) is 0.348. The summed E-state index contributed by atoms with van der Waals surface area (Å²) in [6.45, 7) is 2.24. The third-order valence-corrected chi connectivity index (χ3v) is 5.69. The molecule has 0 aliphatic carbocycles. The molecule has 166 valence electrons. The average Bonchev–Trinajstić information content (AvgIpc) is 3.22. The predicted molar refractivity (Wildman–Crippen MR) is 113 cm³/mol. The molecule has 1 saturated heterocycles. The summed E-state index contributed by atoms with van der Waals surface area (Å²) in [5.41, 5.74) is 2.61. The van der Waals surface area contributed by atoms with E-state index in [0.717, 1.165) is 0 Å². The Kier molecular flexibility index (Phi) is 5.97. The number of oxime groups is 1. The summed E-state index contributed by atoms with van der Waals surface area (Å²) in [4.78, 5) is 19.7. The SMILES string of the molecule is CO/N=C1/C[C@@H](CO)N(C(=O)c2ccc(-c3ccc(F)c(C#N)c3C)c3c2OCCO3)C1. The third-order valence-electron chi connectivity index (χ3n) is 5.69. The van der Waals surface area contributed by atoms with E-state index in [4.69, 9.17) is 14.3 Å². The lowest BCUT2D eigenvalue weighted by Crippen LogP contribution is -2.38. The molecular weight excluding hydrogens is 417 g/mol. The highest BCUT2D eigenvalue weighted by atomic mass is 19.1. The molecule has 9 heteroatoms. The highest BCUT2D eigenvalue weighted by Gasteiger charge is 2.36. The first-order chi connectivity index (χ1) is 15.5. The Labute approximate surface area is 184 Å². The first-order valence-corrected chi connectivity index (χ1v) is 10.1. The van der Waals surface area contributed by atoms with Crippen molar-refractivity contribution in [3.8, 4) is 28.7 Å². The number of amides is 1. The van der Waals surface area contributed by atoms with E-state index >= 15 is 0 Å². The fourth-order valence-electron chi connectivity index (χ4n) is 4.15. The van der Waals surface area contributed by atoms with E-state index in [-0.39, 0.29) is 43.6 Å². The van der Waals surface area contributed by atoms with Gasteiger partial charge >= 0.3 is 0 Å². The number of carbonyl (C=O) groups is 1. The lowest BCUT2D eigenvalue weighted by Gasteiger charge is -2.27. The molecule has 0 radical (unpaired) electrons. The zero-order valence-electron chi connectivity index (χ0n) is 17.7. The molecule has 0 bridgehead atoms. The highest BCUT2D eigenvalue weighted by Crippen LogP contribution is 2.44. The maximum absolute atomic E-state index is 14.0. The highest BCUT2D eigenvalue weighted by molar-refractivity contribution is 6.03. The molecule has 2 aliphatic rings. The van der Waals surface area contributed by atoms with Gasteiger partial charge in [-0.25, -0.2) is 4.39 Å². The van der Waals surface area contributed by atoms with Crippen molar-refractivity contribution in [2.24, 2.45) is 5.16 Å². The van der Waals surface area contributed by atoms with E-state index in [1.807, 2.05) is 6.07 Å². The summed E-state index contributed by atoms with van der Waals surface area (Å²) in [5, 5.41) is 23.0. The number of halogens is 1. The number of hydrogen-bond donors (Lipinski definition) is 1. The molecule has 0 saturated carbocycles. The number of benzene rings is 2. The lowest BCUT2D eigenvalue weighted by molar-refractivity contribution is 0.0670. The van der Waals surface area contributed by atoms with Crippen LogP contribution in [-0.4, -0.2) is 61.1 Å². The number of carbonyl (C=O) groups excluding carboxylic acids is 1. The van der Waals surface area contributed by atoms with Crippen molar-refractivity contribution in [2.45, 2.75) is 19.4 Å². The average molecular weight is 439 g/mol. The van der Waals surface area contributed by atoms with Gasteiger partial charge in [0.25, 0.3) is 5.91 Å². The molecule has 2 heterocycles. The maximum Gasteiger partial charge on any atom is 0.258 e. The number of likely N-dealkylation sites (tertiary alicyclic amines) is 1. The van der Waals surface area contributed by atoms with Gasteiger partial charge in [-0.2, -0.15) is 5.26 Å². The molecule has 1 atom stereocenters. The Morgan fingerprint density at radius 3 is 2.69 bits per heavy atom. The van der Waals surface area contributed by atoms with E-state index in [1.165, 1.54) is 18.1 Å². The third kappa shape index (κ3) is 3.63. The molecule has 1 fully saturated rings. The first kappa shape index (κ1) is 21.6. The summed E-state index contributed by atoms with van der Waals surface area (Å²) >= 11 is 0. The summed E-state index contributed by atoms with van der Waals surface area (Å²) in [6.07, 6.45) is 0.416. The number of aliphatic hydroxyl groups excluding tert-OH is 1. The van der Waals surface area contributed by atoms with Crippen molar-refractivity contribution in [3.63, 3.8) is 0 Å². The number of rotatable bonds is 4. The van der Waals surface area contributed by atoms with E-state index in [0.29, 0.717) is 40.1 Å². The molecule has 2 aromatic rings. The normalized spacial score (nSPS) is 18.5. The molecule has 2 aromatic carbocycles. The smallest absolute Gasteiger partial charge is 0.258 e. The fourth-order valence-corrected chi connectivity index (χ4v) is 4.15. The summed E-state index contributed by atoms with van der Waals surface area (Å²) < 4.78 is 25.7. The van der Waals surface area contributed by atoms with E-state index in [2.05, 4.69) is 5.16 Å². The van der Waals surface area contributed by atoms with Crippen LogP contribution in [0.5, 0.6) is 11.5 Å². The van der Waals surface area contributed by atoms with Crippen molar-refractivity contribution in [3.05, 3.63) is 46.8 Å². The lowest BCUT2D eigenvalue weighted by atomic mass is 9.94. The summed E-state index contributed by atoms with van der Waals surface area (Å²) in [6, 6.07) is 7.62. The molecule has 0 aromatic heterocycles. The Hall–Kier alpha value is -3.64.